The van der Waals surface area contributed by atoms with Crippen LogP contribution in [0.1, 0.15) is 57.1 Å². The molecule has 1 heterocycles. The Bertz CT molecular complexity index is 665. The van der Waals surface area contributed by atoms with Crippen molar-refractivity contribution in [2.45, 2.75) is 58.0 Å². The SMILES string of the molecule is CCCn1c(=O)oc2cc(C(N)CC3CCCC3)ccc21. The van der Waals surface area contributed by atoms with E-state index >= 15 is 0 Å². The Kier molecular flexibility index (Phi) is 4.15. The maximum atomic E-state index is 11.9. The molecule has 0 saturated heterocycles. The van der Waals surface area contributed by atoms with Crippen LogP contribution in [-0.4, -0.2) is 4.57 Å². The average Bonchev–Trinajstić information content (AvgIpc) is 3.07. The molecule has 21 heavy (non-hydrogen) atoms. The van der Waals surface area contributed by atoms with Crippen LogP contribution < -0.4 is 11.5 Å². The van der Waals surface area contributed by atoms with E-state index < -0.39 is 0 Å². The van der Waals surface area contributed by atoms with Crippen molar-refractivity contribution in [3.8, 4) is 0 Å². The third-order valence-electron chi connectivity index (χ3n) is 4.63. The first-order chi connectivity index (χ1) is 10.2. The highest BCUT2D eigenvalue weighted by Crippen LogP contribution is 2.32. The number of aromatic nitrogens is 1. The van der Waals surface area contributed by atoms with Crippen LogP contribution in [0.2, 0.25) is 0 Å². The summed E-state index contributed by atoms with van der Waals surface area (Å²) in [6.45, 7) is 2.75. The molecule has 0 bridgehead atoms. The number of oxazole rings is 1. The molecule has 1 fully saturated rings. The maximum absolute atomic E-state index is 11.9. The van der Waals surface area contributed by atoms with Gasteiger partial charge in [-0.15, -0.1) is 0 Å². The lowest BCUT2D eigenvalue weighted by molar-refractivity contribution is 0.450. The smallest absolute Gasteiger partial charge is 0.408 e. The topological polar surface area (TPSA) is 61.2 Å². The minimum absolute atomic E-state index is 0.0392. The molecule has 1 atom stereocenters. The van der Waals surface area contributed by atoms with E-state index in [9.17, 15) is 4.79 Å². The van der Waals surface area contributed by atoms with Crippen LogP contribution in [0.4, 0.5) is 0 Å². The summed E-state index contributed by atoms with van der Waals surface area (Å²) in [5.41, 5.74) is 8.95. The molecule has 2 aromatic rings. The van der Waals surface area contributed by atoms with Gasteiger partial charge in [0.05, 0.1) is 5.52 Å². The Morgan fingerprint density at radius 1 is 1.38 bits per heavy atom. The molecular formula is C17H24N2O2. The minimum Gasteiger partial charge on any atom is -0.408 e. The molecule has 1 saturated carbocycles. The van der Waals surface area contributed by atoms with Gasteiger partial charge in [-0.25, -0.2) is 4.79 Å². The molecule has 0 radical (unpaired) electrons. The number of nitrogens with zero attached hydrogens (tertiary/aromatic N) is 1. The Hall–Kier alpha value is -1.55. The van der Waals surface area contributed by atoms with E-state index in [1.54, 1.807) is 4.57 Å². The third kappa shape index (κ3) is 2.91. The second-order valence-corrected chi connectivity index (χ2v) is 6.24. The molecule has 114 valence electrons. The predicted molar refractivity (Wildman–Crippen MR) is 84.3 cm³/mol. The van der Waals surface area contributed by atoms with Crippen LogP contribution in [0, 0.1) is 5.92 Å². The highest BCUT2D eigenvalue weighted by Gasteiger charge is 2.20. The van der Waals surface area contributed by atoms with Crippen molar-refractivity contribution in [2.24, 2.45) is 11.7 Å². The zero-order valence-corrected chi connectivity index (χ0v) is 12.7. The van der Waals surface area contributed by atoms with E-state index in [2.05, 4.69) is 6.92 Å². The number of rotatable bonds is 5. The number of aryl methyl sites for hydroxylation is 1. The Morgan fingerprint density at radius 2 is 2.14 bits per heavy atom. The fraction of sp³-hybridized carbons (Fsp3) is 0.588. The highest BCUT2D eigenvalue weighted by molar-refractivity contribution is 5.73. The lowest BCUT2D eigenvalue weighted by Crippen LogP contribution is -2.14. The Balaban J connectivity index is 1.85. The van der Waals surface area contributed by atoms with Gasteiger partial charge in [-0.1, -0.05) is 38.7 Å². The van der Waals surface area contributed by atoms with Gasteiger partial charge in [0.15, 0.2) is 5.58 Å². The lowest BCUT2D eigenvalue weighted by atomic mass is 9.94. The van der Waals surface area contributed by atoms with Gasteiger partial charge in [0.2, 0.25) is 0 Å². The highest BCUT2D eigenvalue weighted by atomic mass is 16.4. The van der Waals surface area contributed by atoms with E-state index in [0.29, 0.717) is 12.1 Å². The molecule has 1 aliphatic rings. The fourth-order valence-electron chi connectivity index (χ4n) is 3.49. The maximum Gasteiger partial charge on any atom is 0.419 e. The first-order valence-corrected chi connectivity index (χ1v) is 8.08. The number of nitrogens with two attached hydrogens (primary N) is 1. The summed E-state index contributed by atoms with van der Waals surface area (Å²) in [5.74, 6) is 0.487. The Labute approximate surface area is 124 Å². The zero-order chi connectivity index (χ0) is 14.8. The summed E-state index contributed by atoms with van der Waals surface area (Å²) < 4.78 is 7.06. The molecule has 2 N–H and O–H groups in total. The largest absolute Gasteiger partial charge is 0.419 e. The molecule has 4 nitrogen and oxygen atoms in total. The van der Waals surface area contributed by atoms with Gasteiger partial charge < -0.3 is 10.2 Å². The Morgan fingerprint density at radius 3 is 2.86 bits per heavy atom. The lowest BCUT2D eigenvalue weighted by Gasteiger charge is -2.16. The van der Waals surface area contributed by atoms with E-state index in [1.165, 1.54) is 25.7 Å². The summed E-state index contributed by atoms with van der Waals surface area (Å²) >= 11 is 0. The predicted octanol–water partition coefficient (Wildman–Crippen LogP) is 3.58. The van der Waals surface area contributed by atoms with Gasteiger partial charge in [-0.05, 0) is 36.5 Å². The minimum atomic E-state index is -0.270. The molecule has 0 amide bonds. The molecule has 1 aromatic heterocycles. The summed E-state index contributed by atoms with van der Waals surface area (Å²) in [6, 6.07) is 6.00. The zero-order valence-electron chi connectivity index (χ0n) is 12.7. The summed E-state index contributed by atoms with van der Waals surface area (Å²) in [4.78, 5) is 11.9. The van der Waals surface area contributed by atoms with Gasteiger partial charge in [0.1, 0.15) is 0 Å². The normalized spacial score (nSPS) is 17.6. The van der Waals surface area contributed by atoms with E-state index in [0.717, 1.165) is 29.8 Å². The summed E-state index contributed by atoms with van der Waals surface area (Å²) in [6.07, 6.45) is 7.23. The van der Waals surface area contributed by atoms with Crippen LogP contribution in [0.25, 0.3) is 11.1 Å². The number of hydrogen-bond donors (Lipinski definition) is 1. The van der Waals surface area contributed by atoms with Gasteiger partial charge in [-0.2, -0.15) is 0 Å². The van der Waals surface area contributed by atoms with E-state index in [1.807, 2.05) is 18.2 Å². The van der Waals surface area contributed by atoms with Crippen LogP contribution in [-0.2, 0) is 6.54 Å². The monoisotopic (exact) mass is 288 g/mol. The molecule has 1 unspecified atom stereocenters. The van der Waals surface area contributed by atoms with E-state index in [-0.39, 0.29) is 11.8 Å². The third-order valence-corrected chi connectivity index (χ3v) is 4.63. The van der Waals surface area contributed by atoms with Crippen molar-refractivity contribution >= 4 is 11.1 Å². The van der Waals surface area contributed by atoms with Gasteiger partial charge in [0.25, 0.3) is 0 Å². The molecule has 0 aliphatic heterocycles. The van der Waals surface area contributed by atoms with Crippen molar-refractivity contribution in [2.75, 3.05) is 0 Å². The first kappa shape index (κ1) is 14.4. The van der Waals surface area contributed by atoms with Crippen molar-refractivity contribution in [3.05, 3.63) is 34.3 Å². The molecular weight excluding hydrogens is 264 g/mol. The number of hydrogen-bond acceptors (Lipinski definition) is 3. The first-order valence-electron chi connectivity index (χ1n) is 8.08. The van der Waals surface area contributed by atoms with Crippen molar-refractivity contribution < 1.29 is 4.42 Å². The number of benzene rings is 1. The van der Waals surface area contributed by atoms with Crippen molar-refractivity contribution in [1.29, 1.82) is 0 Å². The quantitative estimate of drug-likeness (QED) is 0.914. The van der Waals surface area contributed by atoms with Crippen LogP contribution in [0.5, 0.6) is 0 Å². The fourth-order valence-corrected chi connectivity index (χ4v) is 3.49. The molecule has 1 aliphatic carbocycles. The molecule has 1 aromatic carbocycles. The summed E-state index contributed by atoms with van der Waals surface area (Å²) in [5, 5.41) is 0. The van der Waals surface area contributed by atoms with Crippen molar-refractivity contribution in [1.82, 2.24) is 4.57 Å². The molecule has 3 rings (SSSR count). The number of fused-ring (bicyclic) bond motifs is 1. The van der Waals surface area contributed by atoms with Crippen molar-refractivity contribution in [3.63, 3.8) is 0 Å². The van der Waals surface area contributed by atoms with Crippen LogP contribution in [0.15, 0.2) is 27.4 Å². The van der Waals surface area contributed by atoms with Gasteiger partial charge in [-0.3, -0.25) is 4.57 Å². The summed E-state index contributed by atoms with van der Waals surface area (Å²) in [7, 11) is 0. The van der Waals surface area contributed by atoms with Crippen LogP contribution in [0.3, 0.4) is 0 Å². The average molecular weight is 288 g/mol. The molecule has 0 spiro atoms. The molecule has 4 heteroatoms. The van der Waals surface area contributed by atoms with Gasteiger partial charge in [0, 0.05) is 12.6 Å². The van der Waals surface area contributed by atoms with E-state index in [4.69, 9.17) is 10.2 Å². The standard InChI is InChI=1S/C17H24N2O2/c1-2-9-19-15-8-7-13(11-16(15)21-17(19)20)14(18)10-12-5-3-4-6-12/h7-8,11-12,14H,2-6,9-10,18H2,1H3. The second kappa shape index (κ2) is 6.06. The van der Waals surface area contributed by atoms with Gasteiger partial charge >= 0.3 is 5.76 Å². The second-order valence-electron chi connectivity index (χ2n) is 6.24. The van der Waals surface area contributed by atoms with Crippen LogP contribution >= 0.6 is 0 Å².